The van der Waals surface area contributed by atoms with Crippen LogP contribution < -0.4 is 9.47 Å². The average molecular weight is 343 g/mol. The number of ether oxygens (including phenoxy) is 2. The first kappa shape index (κ1) is 16.1. The summed E-state index contributed by atoms with van der Waals surface area (Å²) in [5.41, 5.74) is 0.905. The van der Waals surface area contributed by atoms with Crippen LogP contribution in [0.5, 0.6) is 11.5 Å². The molecule has 0 aromatic heterocycles. The maximum absolute atomic E-state index is 12.5. The van der Waals surface area contributed by atoms with Crippen LogP contribution in [0.15, 0.2) is 46.2 Å². The van der Waals surface area contributed by atoms with Crippen molar-refractivity contribution in [1.29, 1.82) is 0 Å². The van der Waals surface area contributed by atoms with E-state index in [-0.39, 0.29) is 17.2 Å². The van der Waals surface area contributed by atoms with E-state index in [0.717, 1.165) is 4.90 Å². The molecule has 0 spiro atoms. The molecule has 6 nitrogen and oxygen atoms in total. The zero-order valence-electron chi connectivity index (χ0n) is 12.9. The second kappa shape index (κ2) is 6.37. The predicted octanol–water partition coefficient (Wildman–Crippen LogP) is 3.94. The highest BCUT2D eigenvalue weighted by Gasteiger charge is 2.26. The first-order valence-corrected chi connectivity index (χ1v) is 7.80. The Kier molecular flexibility index (Phi) is 4.26. The van der Waals surface area contributed by atoms with Crippen LogP contribution in [0.4, 0.5) is 5.69 Å². The number of carbonyl (C=O) groups excluding carboxylic acids is 1. The normalized spacial score (nSPS) is 14.6. The number of Topliss-reactive ketones (excluding diaryl/α,β-unsaturated/α-hetero) is 1. The summed E-state index contributed by atoms with van der Waals surface area (Å²) in [7, 11) is 2.81. The number of hydrogen-bond donors (Lipinski definition) is 0. The molecule has 1 aliphatic heterocycles. The quantitative estimate of drug-likeness (QED) is 0.475. The van der Waals surface area contributed by atoms with Gasteiger partial charge in [-0.2, -0.15) is 0 Å². The lowest BCUT2D eigenvalue weighted by molar-refractivity contribution is -0.385. The number of nitrogens with zero attached hydrogens (tertiary/aromatic N) is 1. The Morgan fingerprint density at radius 3 is 2.46 bits per heavy atom. The van der Waals surface area contributed by atoms with Crippen LogP contribution in [-0.4, -0.2) is 24.9 Å². The molecular weight excluding hydrogens is 330 g/mol. The van der Waals surface area contributed by atoms with Crippen LogP contribution in [0.25, 0.3) is 6.08 Å². The average Bonchev–Trinajstić information content (AvgIpc) is 2.90. The van der Waals surface area contributed by atoms with Crippen molar-refractivity contribution in [3.05, 3.63) is 62.5 Å². The molecular formula is C17H13NO5S. The molecule has 0 amide bonds. The fraction of sp³-hybridized carbons (Fsp3) is 0.118. The zero-order chi connectivity index (χ0) is 17.3. The minimum absolute atomic E-state index is 0.101. The minimum atomic E-state index is -0.529. The van der Waals surface area contributed by atoms with Gasteiger partial charge in [-0.1, -0.05) is 23.9 Å². The highest BCUT2D eigenvalue weighted by atomic mass is 32.2. The standard InChI is InChI=1S/C17H13NO5S/c1-22-13-9-14(23-2)12(18(20)21)7-10(13)8-16-17(19)11-5-3-4-6-15(11)24-16/h3-9H,1-2H3. The lowest BCUT2D eigenvalue weighted by Gasteiger charge is -2.09. The van der Waals surface area contributed by atoms with Gasteiger partial charge in [0.2, 0.25) is 11.5 Å². The van der Waals surface area contributed by atoms with E-state index >= 15 is 0 Å². The number of carbonyl (C=O) groups is 1. The van der Waals surface area contributed by atoms with Gasteiger partial charge in [0.1, 0.15) is 5.75 Å². The summed E-state index contributed by atoms with van der Waals surface area (Å²) in [6, 6.07) is 10.1. The maximum atomic E-state index is 12.5. The molecule has 122 valence electrons. The Morgan fingerprint density at radius 1 is 1.12 bits per heavy atom. The van der Waals surface area contributed by atoms with Crippen molar-refractivity contribution in [3.63, 3.8) is 0 Å². The second-order valence-electron chi connectivity index (χ2n) is 4.96. The Bertz CT molecular complexity index is 875. The van der Waals surface area contributed by atoms with Gasteiger partial charge in [0.15, 0.2) is 0 Å². The summed E-state index contributed by atoms with van der Waals surface area (Å²) in [6.07, 6.45) is 1.61. The third kappa shape index (κ3) is 2.74. The Labute approximate surface area is 142 Å². The van der Waals surface area contributed by atoms with E-state index in [1.807, 2.05) is 12.1 Å². The number of nitro groups is 1. The van der Waals surface area contributed by atoms with Crippen molar-refractivity contribution in [3.8, 4) is 11.5 Å². The molecule has 0 radical (unpaired) electrons. The smallest absolute Gasteiger partial charge is 0.311 e. The van der Waals surface area contributed by atoms with Crippen LogP contribution >= 0.6 is 11.8 Å². The maximum Gasteiger partial charge on any atom is 0.311 e. The molecule has 3 rings (SSSR count). The van der Waals surface area contributed by atoms with Crippen LogP contribution in [0.2, 0.25) is 0 Å². The second-order valence-corrected chi connectivity index (χ2v) is 6.04. The van der Waals surface area contributed by atoms with Crippen molar-refractivity contribution in [1.82, 2.24) is 0 Å². The van der Waals surface area contributed by atoms with E-state index in [9.17, 15) is 14.9 Å². The Balaban J connectivity index is 2.09. The fourth-order valence-corrected chi connectivity index (χ4v) is 3.48. The van der Waals surface area contributed by atoms with E-state index in [0.29, 0.717) is 21.8 Å². The Morgan fingerprint density at radius 2 is 1.83 bits per heavy atom. The van der Waals surface area contributed by atoms with Crippen molar-refractivity contribution >= 4 is 29.3 Å². The number of allylic oxidation sites excluding steroid dienone is 1. The van der Waals surface area contributed by atoms with E-state index in [1.54, 1.807) is 18.2 Å². The SMILES string of the molecule is COc1cc(OC)c([N+](=O)[O-])cc1C=C1Sc2ccccc2C1=O. The number of fused-ring (bicyclic) bond motifs is 1. The van der Waals surface area contributed by atoms with Crippen LogP contribution in [0.1, 0.15) is 15.9 Å². The van der Waals surface area contributed by atoms with Crippen LogP contribution in [0.3, 0.4) is 0 Å². The molecule has 0 fully saturated rings. The van der Waals surface area contributed by atoms with Gasteiger partial charge in [-0.3, -0.25) is 14.9 Å². The fourth-order valence-electron chi connectivity index (χ4n) is 2.44. The van der Waals surface area contributed by atoms with E-state index in [1.165, 1.54) is 38.1 Å². The molecule has 0 atom stereocenters. The van der Waals surface area contributed by atoms with E-state index in [2.05, 4.69) is 0 Å². The predicted molar refractivity (Wildman–Crippen MR) is 90.8 cm³/mol. The number of thioether (sulfide) groups is 1. The van der Waals surface area contributed by atoms with Gasteiger partial charge in [-0.15, -0.1) is 0 Å². The summed E-state index contributed by atoms with van der Waals surface area (Å²) in [5, 5.41) is 11.2. The number of benzene rings is 2. The highest BCUT2D eigenvalue weighted by Crippen LogP contribution is 2.42. The number of methoxy groups -OCH3 is 2. The third-order valence-electron chi connectivity index (χ3n) is 3.59. The molecule has 2 aromatic carbocycles. The molecule has 1 aliphatic rings. The van der Waals surface area contributed by atoms with Crippen molar-refractivity contribution < 1.29 is 19.2 Å². The summed E-state index contributed by atoms with van der Waals surface area (Å²) in [5.74, 6) is 0.401. The van der Waals surface area contributed by atoms with Crippen LogP contribution in [0, 0.1) is 10.1 Å². The number of nitro benzene ring substituents is 1. The van der Waals surface area contributed by atoms with Gasteiger partial charge in [-0.25, -0.2) is 0 Å². The van der Waals surface area contributed by atoms with E-state index in [4.69, 9.17) is 9.47 Å². The monoisotopic (exact) mass is 343 g/mol. The van der Waals surface area contributed by atoms with Gasteiger partial charge in [0, 0.05) is 28.2 Å². The van der Waals surface area contributed by atoms with Crippen LogP contribution in [-0.2, 0) is 0 Å². The lowest BCUT2D eigenvalue weighted by atomic mass is 10.1. The molecule has 1 heterocycles. The number of rotatable bonds is 4. The lowest BCUT2D eigenvalue weighted by Crippen LogP contribution is -1.98. The summed E-state index contributed by atoms with van der Waals surface area (Å²) in [4.78, 5) is 24.5. The molecule has 0 saturated heterocycles. The summed E-state index contributed by atoms with van der Waals surface area (Å²) >= 11 is 1.34. The molecule has 7 heteroatoms. The zero-order valence-corrected chi connectivity index (χ0v) is 13.8. The van der Waals surface area contributed by atoms with Crippen molar-refractivity contribution in [2.45, 2.75) is 4.90 Å². The Hall–Kier alpha value is -2.80. The minimum Gasteiger partial charge on any atom is -0.496 e. The molecule has 2 aromatic rings. The van der Waals surface area contributed by atoms with Gasteiger partial charge in [0.05, 0.1) is 24.0 Å². The topological polar surface area (TPSA) is 78.7 Å². The van der Waals surface area contributed by atoms with Gasteiger partial charge in [0.25, 0.3) is 0 Å². The highest BCUT2D eigenvalue weighted by molar-refractivity contribution is 8.04. The first-order chi connectivity index (χ1) is 11.5. The molecule has 0 saturated carbocycles. The molecule has 0 aliphatic carbocycles. The van der Waals surface area contributed by atoms with Crippen molar-refractivity contribution in [2.24, 2.45) is 0 Å². The van der Waals surface area contributed by atoms with Gasteiger partial charge >= 0.3 is 5.69 Å². The van der Waals surface area contributed by atoms with E-state index < -0.39 is 4.92 Å². The largest absolute Gasteiger partial charge is 0.496 e. The first-order valence-electron chi connectivity index (χ1n) is 6.99. The number of ketones is 1. The van der Waals surface area contributed by atoms with Gasteiger partial charge < -0.3 is 9.47 Å². The van der Waals surface area contributed by atoms with Gasteiger partial charge in [-0.05, 0) is 18.2 Å². The summed E-state index contributed by atoms with van der Waals surface area (Å²) < 4.78 is 10.3. The summed E-state index contributed by atoms with van der Waals surface area (Å²) in [6.45, 7) is 0. The third-order valence-corrected chi connectivity index (χ3v) is 4.69. The molecule has 0 N–H and O–H groups in total. The number of hydrogen-bond acceptors (Lipinski definition) is 6. The molecule has 0 unspecified atom stereocenters. The van der Waals surface area contributed by atoms with Crippen molar-refractivity contribution in [2.75, 3.05) is 14.2 Å². The molecule has 24 heavy (non-hydrogen) atoms. The molecule has 0 bridgehead atoms.